The van der Waals surface area contributed by atoms with Gasteiger partial charge >= 0.3 is 0 Å². The zero-order valence-electron chi connectivity index (χ0n) is 7.55. The summed E-state index contributed by atoms with van der Waals surface area (Å²) in [5.41, 5.74) is 6.19. The molecular weight excluding hydrogens is 359 g/mol. The summed E-state index contributed by atoms with van der Waals surface area (Å²) < 4.78 is 2.06. The molecule has 0 bridgehead atoms. The van der Waals surface area contributed by atoms with Gasteiger partial charge in [0.15, 0.2) is 0 Å². The molecule has 1 atom stereocenters. The minimum atomic E-state index is -0.490. The van der Waals surface area contributed by atoms with Crippen LogP contribution in [-0.4, -0.2) is 11.9 Å². The van der Waals surface area contributed by atoms with Crippen molar-refractivity contribution < 1.29 is 4.79 Å². The summed E-state index contributed by atoms with van der Waals surface area (Å²) in [5, 5.41) is 2.72. The highest BCUT2D eigenvalue weighted by Gasteiger charge is 2.07. The van der Waals surface area contributed by atoms with E-state index in [4.69, 9.17) is 5.73 Å². The molecule has 0 aliphatic carbocycles. The van der Waals surface area contributed by atoms with Crippen LogP contribution in [0.4, 0.5) is 5.69 Å². The van der Waals surface area contributed by atoms with E-state index in [9.17, 15) is 4.79 Å². The van der Waals surface area contributed by atoms with Gasteiger partial charge in [-0.05, 0) is 63.6 Å². The lowest BCUT2D eigenvalue weighted by molar-refractivity contribution is -0.117. The van der Waals surface area contributed by atoms with Gasteiger partial charge in [-0.3, -0.25) is 4.79 Å². The van der Waals surface area contributed by atoms with E-state index in [1.165, 1.54) is 0 Å². The second-order valence-electron chi connectivity index (χ2n) is 2.91. The zero-order valence-corrected chi connectivity index (χ0v) is 11.3. The van der Waals surface area contributed by atoms with E-state index < -0.39 is 6.04 Å². The van der Waals surface area contributed by atoms with Crippen molar-refractivity contribution in [2.75, 3.05) is 5.32 Å². The smallest absolute Gasteiger partial charge is 0.240 e. The Kier molecular flexibility index (Phi) is 4.33. The highest BCUT2D eigenvalue weighted by Crippen LogP contribution is 2.22. The summed E-state index contributed by atoms with van der Waals surface area (Å²) >= 11 is 5.56. The van der Waals surface area contributed by atoms with Crippen molar-refractivity contribution in [3.63, 3.8) is 0 Å². The lowest BCUT2D eigenvalue weighted by atomic mass is 10.3. The molecule has 14 heavy (non-hydrogen) atoms. The largest absolute Gasteiger partial charge is 0.325 e. The van der Waals surface area contributed by atoms with Gasteiger partial charge in [0.05, 0.1) is 6.04 Å². The summed E-state index contributed by atoms with van der Waals surface area (Å²) in [6.07, 6.45) is 0. The van der Waals surface area contributed by atoms with Gasteiger partial charge in [-0.25, -0.2) is 0 Å². The monoisotopic (exact) mass is 368 g/mol. The number of nitrogens with two attached hydrogens (primary N) is 1. The van der Waals surface area contributed by atoms with Gasteiger partial charge in [0.2, 0.25) is 5.91 Å². The third-order valence-corrected chi connectivity index (χ3v) is 3.93. The Labute approximate surface area is 105 Å². The van der Waals surface area contributed by atoms with E-state index in [0.29, 0.717) is 0 Å². The quantitative estimate of drug-likeness (QED) is 0.787. The summed E-state index contributed by atoms with van der Waals surface area (Å²) in [5.74, 6) is -0.178. The average molecular weight is 369 g/mol. The second-order valence-corrected chi connectivity index (χ2v) is 4.92. The van der Waals surface area contributed by atoms with Crippen LogP contribution in [0, 0.1) is 3.57 Å². The van der Waals surface area contributed by atoms with Crippen molar-refractivity contribution in [3.8, 4) is 0 Å². The Balaban J connectivity index is 2.78. The summed E-state index contributed by atoms with van der Waals surface area (Å²) in [7, 11) is 0. The van der Waals surface area contributed by atoms with E-state index in [-0.39, 0.29) is 5.91 Å². The molecule has 0 radical (unpaired) electrons. The molecule has 3 nitrogen and oxygen atoms in total. The number of amides is 1. The van der Waals surface area contributed by atoms with Crippen LogP contribution in [-0.2, 0) is 4.79 Å². The van der Waals surface area contributed by atoms with E-state index in [1.807, 2.05) is 18.2 Å². The molecule has 0 fully saturated rings. The fourth-order valence-corrected chi connectivity index (χ4v) is 1.59. The molecule has 1 rings (SSSR count). The number of nitrogens with one attached hydrogen (secondary N) is 1. The van der Waals surface area contributed by atoms with Gasteiger partial charge in [-0.1, -0.05) is 0 Å². The van der Waals surface area contributed by atoms with Crippen LogP contribution < -0.4 is 11.1 Å². The molecule has 0 aliphatic rings. The molecule has 5 heteroatoms. The van der Waals surface area contributed by atoms with Crippen LogP contribution in [0.3, 0.4) is 0 Å². The SMILES string of the molecule is CC(N)C(=O)Nc1ccc(Br)c(I)c1. The lowest BCUT2D eigenvalue weighted by Gasteiger charge is -2.08. The third-order valence-electron chi connectivity index (χ3n) is 1.60. The number of carbonyl (C=O) groups is 1. The Morgan fingerprint density at radius 1 is 1.64 bits per heavy atom. The Hall–Kier alpha value is -0.140. The number of rotatable bonds is 2. The molecule has 1 aromatic rings. The zero-order chi connectivity index (χ0) is 10.7. The van der Waals surface area contributed by atoms with Gasteiger partial charge in [-0.15, -0.1) is 0 Å². The van der Waals surface area contributed by atoms with Crippen molar-refractivity contribution in [2.24, 2.45) is 5.73 Å². The Bertz CT molecular complexity index is 355. The molecule has 0 aliphatic heterocycles. The molecule has 3 N–H and O–H groups in total. The van der Waals surface area contributed by atoms with Crippen LogP contribution in [0.25, 0.3) is 0 Å². The maximum atomic E-state index is 11.3. The predicted octanol–water partition coefficient (Wildman–Crippen LogP) is 2.34. The van der Waals surface area contributed by atoms with Crippen molar-refractivity contribution in [1.82, 2.24) is 0 Å². The van der Waals surface area contributed by atoms with Crippen LogP contribution in [0.5, 0.6) is 0 Å². The molecule has 76 valence electrons. The molecule has 1 aromatic carbocycles. The van der Waals surface area contributed by atoms with Gasteiger partial charge in [0.1, 0.15) is 0 Å². The maximum Gasteiger partial charge on any atom is 0.240 e. The Morgan fingerprint density at radius 3 is 2.79 bits per heavy atom. The molecular formula is C9H10BrIN2O. The highest BCUT2D eigenvalue weighted by atomic mass is 127. The first-order valence-corrected chi connectivity index (χ1v) is 5.89. The molecule has 0 heterocycles. The van der Waals surface area contributed by atoms with Crippen LogP contribution >= 0.6 is 38.5 Å². The fraction of sp³-hybridized carbons (Fsp3) is 0.222. The van der Waals surface area contributed by atoms with E-state index >= 15 is 0 Å². The van der Waals surface area contributed by atoms with Crippen LogP contribution in [0.1, 0.15) is 6.92 Å². The van der Waals surface area contributed by atoms with Gasteiger partial charge in [-0.2, -0.15) is 0 Å². The van der Waals surface area contributed by atoms with E-state index in [1.54, 1.807) is 6.92 Å². The number of hydrogen-bond acceptors (Lipinski definition) is 2. The first-order valence-electron chi connectivity index (χ1n) is 4.02. The first-order chi connectivity index (χ1) is 6.50. The highest BCUT2D eigenvalue weighted by molar-refractivity contribution is 14.1. The van der Waals surface area contributed by atoms with Crippen molar-refractivity contribution in [3.05, 3.63) is 26.2 Å². The minimum Gasteiger partial charge on any atom is -0.325 e. The molecule has 1 amide bonds. The molecule has 0 saturated heterocycles. The molecule has 1 unspecified atom stereocenters. The van der Waals surface area contributed by atoms with Crippen molar-refractivity contribution >= 4 is 50.1 Å². The van der Waals surface area contributed by atoms with E-state index in [0.717, 1.165) is 13.7 Å². The third kappa shape index (κ3) is 3.21. The number of benzene rings is 1. The van der Waals surface area contributed by atoms with E-state index in [2.05, 4.69) is 43.8 Å². The van der Waals surface area contributed by atoms with Crippen LogP contribution in [0.15, 0.2) is 22.7 Å². The molecule has 0 saturated carbocycles. The average Bonchev–Trinajstić information content (AvgIpc) is 2.11. The number of anilines is 1. The number of hydrogen-bond donors (Lipinski definition) is 2. The minimum absolute atomic E-state index is 0.178. The molecule has 0 aromatic heterocycles. The lowest BCUT2D eigenvalue weighted by Crippen LogP contribution is -2.32. The van der Waals surface area contributed by atoms with Crippen molar-refractivity contribution in [2.45, 2.75) is 13.0 Å². The number of halogens is 2. The van der Waals surface area contributed by atoms with Crippen molar-refractivity contribution in [1.29, 1.82) is 0 Å². The predicted molar refractivity (Wildman–Crippen MR) is 69.1 cm³/mol. The second kappa shape index (κ2) is 5.09. The normalized spacial score (nSPS) is 12.3. The van der Waals surface area contributed by atoms with Gasteiger partial charge in [0.25, 0.3) is 0 Å². The van der Waals surface area contributed by atoms with Gasteiger partial charge in [0, 0.05) is 13.7 Å². The molecule has 0 spiro atoms. The standard InChI is InChI=1S/C9H10BrIN2O/c1-5(12)9(14)13-6-2-3-7(10)8(11)4-6/h2-5H,12H2,1H3,(H,13,14). The first kappa shape index (κ1) is 11.9. The maximum absolute atomic E-state index is 11.3. The number of carbonyl (C=O) groups excluding carboxylic acids is 1. The summed E-state index contributed by atoms with van der Waals surface area (Å²) in [6, 6.07) is 5.10. The van der Waals surface area contributed by atoms with Crippen LogP contribution in [0.2, 0.25) is 0 Å². The topological polar surface area (TPSA) is 55.1 Å². The summed E-state index contributed by atoms with van der Waals surface area (Å²) in [4.78, 5) is 11.3. The van der Waals surface area contributed by atoms with Gasteiger partial charge < -0.3 is 11.1 Å². The fourth-order valence-electron chi connectivity index (χ4n) is 0.830. The Morgan fingerprint density at radius 2 is 2.29 bits per heavy atom. The summed E-state index contributed by atoms with van der Waals surface area (Å²) in [6.45, 7) is 1.65.